The second-order valence-electron chi connectivity index (χ2n) is 5.74. The molecule has 0 radical (unpaired) electrons. The number of nitrogens with zero attached hydrogens (tertiary/aromatic N) is 3. The Labute approximate surface area is 147 Å². The molecule has 0 saturated carbocycles. The van der Waals surface area contributed by atoms with E-state index in [0.29, 0.717) is 13.1 Å². The minimum absolute atomic E-state index is 0.461. The van der Waals surface area contributed by atoms with Crippen LogP contribution < -0.4 is 15.2 Å². The molecule has 130 valence electrons. The summed E-state index contributed by atoms with van der Waals surface area (Å²) in [4.78, 5) is 0. The van der Waals surface area contributed by atoms with Gasteiger partial charge in [-0.2, -0.15) is 0 Å². The molecule has 0 aliphatic carbocycles. The molecule has 0 saturated heterocycles. The van der Waals surface area contributed by atoms with E-state index >= 15 is 0 Å². The molecule has 6 nitrogen and oxygen atoms in total. The molecule has 6 heteroatoms. The second-order valence-corrected chi connectivity index (χ2v) is 5.74. The average Bonchev–Trinajstić information content (AvgIpc) is 3.02. The van der Waals surface area contributed by atoms with Crippen LogP contribution in [0.5, 0.6) is 11.5 Å². The second kappa shape index (κ2) is 7.36. The van der Waals surface area contributed by atoms with Crippen LogP contribution in [0.3, 0.4) is 0 Å². The summed E-state index contributed by atoms with van der Waals surface area (Å²) >= 11 is 0. The minimum atomic E-state index is 0.461. The van der Waals surface area contributed by atoms with Crippen molar-refractivity contribution in [2.45, 2.75) is 20.0 Å². The molecule has 3 rings (SSSR count). The van der Waals surface area contributed by atoms with Gasteiger partial charge in [-0.3, -0.25) is 0 Å². The van der Waals surface area contributed by atoms with Crippen LogP contribution in [0.25, 0.3) is 11.4 Å². The van der Waals surface area contributed by atoms with Crippen molar-refractivity contribution in [2.24, 2.45) is 5.73 Å². The molecule has 0 unspecified atom stereocenters. The van der Waals surface area contributed by atoms with Crippen LogP contribution in [0.1, 0.15) is 17.0 Å². The van der Waals surface area contributed by atoms with Gasteiger partial charge in [0.2, 0.25) is 0 Å². The lowest BCUT2D eigenvalue weighted by molar-refractivity contribution is 0.414. The fourth-order valence-corrected chi connectivity index (χ4v) is 2.74. The molecule has 3 aromatic rings. The van der Waals surface area contributed by atoms with Crippen LogP contribution in [0, 0.1) is 6.92 Å². The van der Waals surface area contributed by atoms with Crippen molar-refractivity contribution >= 4 is 0 Å². The van der Waals surface area contributed by atoms with Gasteiger partial charge in [-0.05, 0) is 42.3 Å². The molecule has 0 bridgehead atoms. The lowest BCUT2D eigenvalue weighted by Gasteiger charge is -2.13. The number of ether oxygens (including phenoxy) is 2. The van der Waals surface area contributed by atoms with E-state index in [9.17, 15) is 0 Å². The lowest BCUT2D eigenvalue weighted by atomic mass is 10.1. The van der Waals surface area contributed by atoms with Crippen LogP contribution in [-0.4, -0.2) is 29.0 Å². The van der Waals surface area contributed by atoms with Gasteiger partial charge < -0.3 is 19.8 Å². The minimum Gasteiger partial charge on any atom is -0.497 e. The largest absolute Gasteiger partial charge is 0.497 e. The third-order valence-corrected chi connectivity index (χ3v) is 4.18. The lowest BCUT2D eigenvalue weighted by Crippen LogP contribution is -2.06. The Kier molecular flexibility index (Phi) is 5.00. The number of rotatable bonds is 6. The van der Waals surface area contributed by atoms with E-state index in [2.05, 4.69) is 14.8 Å². The normalized spacial score (nSPS) is 10.7. The summed E-state index contributed by atoms with van der Waals surface area (Å²) < 4.78 is 12.8. The van der Waals surface area contributed by atoms with Gasteiger partial charge in [0.15, 0.2) is 5.82 Å². The third-order valence-electron chi connectivity index (χ3n) is 4.18. The summed E-state index contributed by atoms with van der Waals surface area (Å²) in [5.74, 6) is 3.19. The average molecular weight is 338 g/mol. The van der Waals surface area contributed by atoms with E-state index in [4.69, 9.17) is 15.2 Å². The summed E-state index contributed by atoms with van der Waals surface area (Å²) in [6, 6.07) is 13.9. The molecule has 0 fully saturated rings. The van der Waals surface area contributed by atoms with E-state index in [0.717, 1.165) is 39.8 Å². The fourth-order valence-electron chi connectivity index (χ4n) is 2.74. The van der Waals surface area contributed by atoms with E-state index < -0.39 is 0 Å². The van der Waals surface area contributed by atoms with E-state index in [-0.39, 0.29) is 0 Å². The van der Waals surface area contributed by atoms with Gasteiger partial charge in [0.25, 0.3) is 0 Å². The summed E-state index contributed by atoms with van der Waals surface area (Å²) in [5, 5.41) is 8.62. The number of benzene rings is 2. The van der Waals surface area contributed by atoms with E-state index in [1.165, 1.54) is 0 Å². The number of nitrogens with two attached hydrogens (primary N) is 1. The van der Waals surface area contributed by atoms with Gasteiger partial charge in [0.1, 0.15) is 17.3 Å². The van der Waals surface area contributed by atoms with Crippen molar-refractivity contribution in [3.05, 3.63) is 59.4 Å². The van der Waals surface area contributed by atoms with Gasteiger partial charge in [-0.1, -0.05) is 18.2 Å². The number of aromatic nitrogens is 3. The SMILES string of the molecule is COc1ccc(Cn2c(C)nnc2-c2cc(CN)ccc2OC)cc1. The van der Waals surface area contributed by atoms with Crippen LogP contribution in [0.15, 0.2) is 42.5 Å². The number of hydrogen-bond donors (Lipinski definition) is 1. The maximum absolute atomic E-state index is 5.79. The summed E-state index contributed by atoms with van der Waals surface area (Å²) in [6.45, 7) is 3.07. The Hall–Kier alpha value is -2.86. The predicted octanol–water partition coefficient (Wildman–Crippen LogP) is 2.78. The first-order valence-corrected chi connectivity index (χ1v) is 8.06. The van der Waals surface area contributed by atoms with Crippen molar-refractivity contribution in [3.63, 3.8) is 0 Å². The quantitative estimate of drug-likeness (QED) is 0.748. The standard InChI is InChI=1S/C19H22N4O2/c1-13-21-22-19(17-10-15(11-20)6-9-18(17)25-3)23(13)12-14-4-7-16(24-2)8-5-14/h4-10H,11-12,20H2,1-3H3. The van der Waals surface area contributed by atoms with E-state index in [1.807, 2.05) is 49.4 Å². The molecule has 0 aliphatic rings. The zero-order valence-electron chi connectivity index (χ0n) is 14.7. The van der Waals surface area contributed by atoms with Crippen LogP contribution in [-0.2, 0) is 13.1 Å². The molecule has 0 atom stereocenters. The van der Waals surface area contributed by atoms with Crippen molar-refractivity contribution in [2.75, 3.05) is 14.2 Å². The van der Waals surface area contributed by atoms with Crippen LogP contribution >= 0.6 is 0 Å². The predicted molar refractivity (Wildman–Crippen MR) is 96.7 cm³/mol. The van der Waals surface area contributed by atoms with Crippen molar-refractivity contribution < 1.29 is 9.47 Å². The van der Waals surface area contributed by atoms with Crippen LogP contribution in [0.4, 0.5) is 0 Å². The van der Waals surface area contributed by atoms with Crippen molar-refractivity contribution in [1.82, 2.24) is 14.8 Å². The van der Waals surface area contributed by atoms with Gasteiger partial charge in [-0.25, -0.2) is 0 Å². The van der Waals surface area contributed by atoms with Gasteiger partial charge in [0, 0.05) is 6.54 Å². The smallest absolute Gasteiger partial charge is 0.168 e. The maximum Gasteiger partial charge on any atom is 0.168 e. The molecule has 2 N–H and O–H groups in total. The van der Waals surface area contributed by atoms with Crippen molar-refractivity contribution in [3.8, 4) is 22.9 Å². The Morgan fingerprint density at radius 3 is 2.32 bits per heavy atom. The number of aryl methyl sites for hydroxylation is 1. The Balaban J connectivity index is 2.01. The Bertz CT molecular complexity index is 856. The molecule has 0 amide bonds. The van der Waals surface area contributed by atoms with Gasteiger partial charge in [0.05, 0.1) is 26.3 Å². The summed E-state index contributed by atoms with van der Waals surface area (Å²) in [7, 11) is 3.31. The summed E-state index contributed by atoms with van der Waals surface area (Å²) in [5.41, 5.74) is 8.83. The first-order chi connectivity index (χ1) is 12.2. The number of hydrogen-bond acceptors (Lipinski definition) is 5. The molecular formula is C19H22N4O2. The van der Waals surface area contributed by atoms with Gasteiger partial charge >= 0.3 is 0 Å². The highest BCUT2D eigenvalue weighted by molar-refractivity contribution is 5.65. The highest BCUT2D eigenvalue weighted by Gasteiger charge is 2.16. The molecule has 25 heavy (non-hydrogen) atoms. The molecule has 0 aliphatic heterocycles. The molecule has 1 aromatic heterocycles. The fraction of sp³-hybridized carbons (Fsp3) is 0.263. The zero-order valence-corrected chi connectivity index (χ0v) is 14.7. The molecule has 2 aromatic carbocycles. The first-order valence-electron chi connectivity index (χ1n) is 8.06. The van der Waals surface area contributed by atoms with E-state index in [1.54, 1.807) is 14.2 Å². The highest BCUT2D eigenvalue weighted by atomic mass is 16.5. The molecule has 0 spiro atoms. The Morgan fingerprint density at radius 1 is 0.960 bits per heavy atom. The maximum atomic E-state index is 5.79. The zero-order chi connectivity index (χ0) is 17.8. The summed E-state index contributed by atoms with van der Waals surface area (Å²) in [6.07, 6.45) is 0. The molecular weight excluding hydrogens is 316 g/mol. The van der Waals surface area contributed by atoms with Gasteiger partial charge in [-0.15, -0.1) is 10.2 Å². The van der Waals surface area contributed by atoms with Crippen molar-refractivity contribution in [1.29, 1.82) is 0 Å². The topological polar surface area (TPSA) is 75.2 Å². The highest BCUT2D eigenvalue weighted by Crippen LogP contribution is 2.30. The third kappa shape index (κ3) is 3.49. The molecule has 1 heterocycles. The first kappa shape index (κ1) is 17.0. The Morgan fingerprint density at radius 2 is 1.68 bits per heavy atom. The van der Waals surface area contributed by atoms with Crippen LogP contribution in [0.2, 0.25) is 0 Å². The monoisotopic (exact) mass is 338 g/mol. The number of methoxy groups -OCH3 is 2.